The lowest BCUT2D eigenvalue weighted by Crippen LogP contribution is -1.81. The number of hydrogen-bond donors (Lipinski definition) is 0. The number of hydrogen-bond acceptors (Lipinski definition) is 3. The average molecular weight is 214 g/mol. The Hall–Kier alpha value is -2.23. The van der Waals surface area contributed by atoms with E-state index >= 15 is 0 Å². The molecule has 0 aromatic heterocycles. The molecule has 2 aliphatic rings. The van der Waals surface area contributed by atoms with Gasteiger partial charge in [0.25, 0.3) is 0 Å². The van der Waals surface area contributed by atoms with E-state index in [0.29, 0.717) is 11.6 Å². The van der Waals surface area contributed by atoms with Crippen molar-refractivity contribution in [2.75, 3.05) is 0 Å². The van der Waals surface area contributed by atoms with Gasteiger partial charge in [0.05, 0.1) is 11.8 Å². The lowest BCUT2D eigenvalue weighted by atomic mass is 10.1. The molecule has 16 heavy (non-hydrogen) atoms. The Morgan fingerprint density at radius 1 is 1.00 bits per heavy atom. The summed E-state index contributed by atoms with van der Waals surface area (Å²) in [5.74, 6) is 0.221. The van der Waals surface area contributed by atoms with Gasteiger partial charge in [-0.2, -0.15) is 0 Å². The van der Waals surface area contributed by atoms with Crippen LogP contribution in [0, 0.1) is 5.82 Å². The molecule has 2 aliphatic heterocycles. The lowest BCUT2D eigenvalue weighted by Gasteiger charge is -1.99. The molecular weight excluding hydrogens is 207 g/mol. The molecule has 3 rings (SSSR count). The maximum absolute atomic E-state index is 12.8. The van der Waals surface area contributed by atoms with E-state index in [1.165, 1.54) is 12.1 Å². The third kappa shape index (κ3) is 1.35. The van der Waals surface area contributed by atoms with E-state index in [9.17, 15) is 4.39 Å². The summed E-state index contributed by atoms with van der Waals surface area (Å²) in [6, 6.07) is 9.79. The Morgan fingerprint density at radius 3 is 2.62 bits per heavy atom. The summed E-state index contributed by atoms with van der Waals surface area (Å²) < 4.78 is 18.0. The van der Waals surface area contributed by atoms with Gasteiger partial charge < -0.3 is 4.42 Å². The van der Waals surface area contributed by atoms with Crippen LogP contribution in [0.25, 0.3) is 22.7 Å². The highest BCUT2D eigenvalue weighted by atomic mass is 19.1. The Balaban J connectivity index is 2.17. The minimum atomic E-state index is -0.266. The third-order valence-electron chi connectivity index (χ3n) is 2.37. The zero-order chi connectivity index (χ0) is 11.0. The van der Waals surface area contributed by atoms with E-state index in [1.807, 2.05) is 6.07 Å². The fraction of sp³-hybridized carbons (Fsp3) is 0. The minimum Gasteiger partial charge on any atom is -0.445 e. The van der Waals surface area contributed by atoms with Crippen LogP contribution < -0.4 is 0 Å². The molecule has 0 fully saturated rings. The van der Waals surface area contributed by atoms with Crippen molar-refractivity contribution in [2.45, 2.75) is 0 Å². The molecule has 2 heterocycles. The highest BCUT2D eigenvalue weighted by Crippen LogP contribution is 2.30. The van der Waals surface area contributed by atoms with Gasteiger partial charge in [0.2, 0.25) is 5.89 Å². The summed E-state index contributed by atoms with van der Waals surface area (Å²) in [6.45, 7) is 0. The minimum absolute atomic E-state index is 0.266. The van der Waals surface area contributed by atoms with Gasteiger partial charge in [-0.1, -0.05) is 0 Å². The molecular formula is C12H7FN2O. The van der Waals surface area contributed by atoms with Crippen molar-refractivity contribution in [3.63, 3.8) is 0 Å². The predicted molar refractivity (Wildman–Crippen MR) is 56.3 cm³/mol. The quantitative estimate of drug-likeness (QED) is 0.625. The molecule has 78 valence electrons. The number of nitrogens with zero attached hydrogens (tertiary/aromatic N) is 2. The van der Waals surface area contributed by atoms with Crippen LogP contribution >= 0.6 is 0 Å². The summed E-state index contributed by atoms with van der Waals surface area (Å²) in [5.41, 5.74) is 2.36. The van der Waals surface area contributed by atoms with Crippen LogP contribution in [0.3, 0.4) is 0 Å². The Bertz CT molecular complexity index is 588. The molecule has 1 aromatic carbocycles. The molecule has 0 saturated carbocycles. The van der Waals surface area contributed by atoms with E-state index in [1.54, 1.807) is 24.5 Å². The monoisotopic (exact) mass is 214 g/mol. The summed E-state index contributed by atoms with van der Waals surface area (Å²) in [6.07, 6.45) is 1.55. The first-order valence-corrected chi connectivity index (χ1v) is 4.80. The smallest absolute Gasteiger partial charge is 0.247 e. The third-order valence-corrected chi connectivity index (χ3v) is 2.37. The van der Waals surface area contributed by atoms with Crippen LogP contribution in [-0.4, -0.2) is 10.2 Å². The van der Waals surface area contributed by atoms with Crippen molar-refractivity contribution >= 4 is 0 Å². The average Bonchev–Trinajstić information content (AvgIpc) is 2.74. The maximum atomic E-state index is 12.8. The van der Waals surface area contributed by atoms with E-state index < -0.39 is 0 Å². The van der Waals surface area contributed by atoms with Gasteiger partial charge in [-0.15, -0.1) is 10.2 Å². The first-order valence-electron chi connectivity index (χ1n) is 4.80. The topological polar surface area (TPSA) is 38.9 Å². The molecule has 0 N–H and O–H groups in total. The Labute approximate surface area is 90.9 Å². The van der Waals surface area contributed by atoms with Gasteiger partial charge in [-0.3, -0.25) is 0 Å². The molecule has 0 amide bonds. The standard InChI is InChI=1S/C12H7FN2O/c13-9-5-3-8(4-6-9)11-10-2-1-7-16-12(10)15-14-11/h1-7H. The number of halogens is 1. The molecule has 4 heteroatoms. The number of rotatable bonds is 1. The van der Waals surface area contributed by atoms with Crippen molar-refractivity contribution in [2.24, 2.45) is 0 Å². The SMILES string of the molecule is Fc1ccc(-c2nnc3occcc2-3)cc1. The van der Waals surface area contributed by atoms with Crippen LogP contribution in [0.5, 0.6) is 0 Å². The van der Waals surface area contributed by atoms with Crippen LogP contribution in [0.4, 0.5) is 4.39 Å². The van der Waals surface area contributed by atoms with E-state index in [4.69, 9.17) is 4.42 Å². The van der Waals surface area contributed by atoms with Crippen LogP contribution in [0.1, 0.15) is 0 Å². The molecule has 0 spiro atoms. The zero-order valence-electron chi connectivity index (χ0n) is 8.22. The summed E-state index contributed by atoms with van der Waals surface area (Å²) in [4.78, 5) is 0. The highest BCUT2D eigenvalue weighted by Gasteiger charge is 2.15. The molecule has 0 unspecified atom stereocenters. The second-order valence-electron chi connectivity index (χ2n) is 3.39. The first kappa shape index (κ1) is 9.03. The van der Waals surface area contributed by atoms with Crippen molar-refractivity contribution in [1.82, 2.24) is 10.2 Å². The molecule has 0 radical (unpaired) electrons. The van der Waals surface area contributed by atoms with Crippen LogP contribution in [-0.2, 0) is 0 Å². The van der Waals surface area contributed by atoms with Gasteiger partial charge in [-0.25, -0.2) is 4.39 Å². The van der Waals surface area contributed by atoms with Crippen molar-refractivity contribution in [3.05, 3.63) is 48.5 Å². The van der Waals surface area contributed by atoms with Crippen molar-refractivity contribution in [1.29, 1.82) is 0 Å². The molecule has 0 aliphatic carbocycles. The largest absolute Gasteiger partial charge is 0.445 e. The predicted octanol–water partition coefficient (Wildman–Crippen LogP) is 2.98. The molecule has 0 bridgehead atoms. The second kappa shape index (κ2) is 3.41. The Kier molecular flexibility index (Phi) is 1.93. The fourth-order valence-electron chi connectivity index (χ4n) is 1.60. The van der Waals surface area contributed by atoms with Gasteiger partial charge in [0.15, 0.2) is 0 Å². The van der Waals surface area contributed by atoms with E-state index in [-0.39, 0.29) is 5.82 Å². The summed E-state index contributed by atoms with van der Waals surface area (Å²) in [5, 5.41) is 7.94. The van der Waals surface area contributed by atoms with Gasteiger partial charge in [0.1, 0.15) is 11.5 Å². The van der Waals surface area contributed by atoms with E-state index in [2.05, 4.69) is 10.2 Å². The number of benzene rings is 1. The maximum Gasteiger partial charge on any atom is 0.247 e. The van der Waals surface area contributed by atoms with Crippen molar-refractivity contribution < 1.29 is 8.81 Å². The van der Waals surface area contributed by atoms with Crippen molar-refractivity contribution in [3.8, 4) is 22.7 Å². The molecule has 3 nitrogen and oxygen atoms in total. The second-order valence-corrected chi connectivity index (χ2v) is 3.39. The molecule has 1 aromatic rings. The summed E-state index contributed by atoms with van der Waals surface area (Å²) >= 11 is 0. The van der Waals surface area contributed by atoms with E-state index in [0.717, 1.165) is 11.1 Å². The van der Waals surface area contributed by atoms with Gasteiger partial charge in [0, 0.05) is 5.56 Å². The van der Waals surface area contributed by atoms with Gasteiger partial charge >= 0.3 is 0 Å². The molecule has 0 saturated heterocycles. The number of fused-ring (bicyclic) bond motifs is 1. The Morgan fingerprint density at radius 2 is 1.81 bits per heavy atom. The summed E-state index contributed by atoms with van der Waals surface area (Å²) in [7, 11) is 0. The fourth-order valence-corrected chi connectivity index (χ4v) is 1.60. The van der Waals surface area contributed by atoms with Crippen LogP contribution in [0.15, 0.2) is 47.1 Å². The lowest BCUT2D eigenvalue weighted by molar-refractivity contribution is 0.547. The zero-order valence-corrected chi connectivity index (χ0v) is 8.22. The van der Waals surface area contributed by atoms with Gasteiger partial charge in [-0.05, 0) is 36.4 Å². The highest BCUT2D eigenvalue weighted by molar-refractivity contribution is 5.77. The normalized spacial score (nSPS) is 10.8. The molecule has 0 atom stereocenters. The van der Waals surface area contributed by atoms with Crippen LogP contribution in [0.2, 0.25) is 0 Å². The first-order chi connectivity index (χ1) is 7.84. The number of aromatic nitrogens is 2.